The van der Waals surface area contributed by atoms with Crippen LogP contribution < -0.4 is 10.6 Å². The monoisotopic (exact) mass is 327 g/mol. The van der Waals surface area contributed by atoms with Crippen LogP contribution in [0.2, 0.25) is 0 Å². The van der Waals surface area contributed by atoms with Crippen LogP contribution in [0.4, 0.5) is 10.5 Å². The van der Waals surface area contributed by atoms with Crippen molar-refractivity contribution >= 4 is 17.6 Å². The third-order valence-electron chi connectivity index (χ3n) is 4.69. The Bertz CT molecular complexity index is 621. The van der Waals surface area contributed by atoms with Crippen molar-refractivity contribution in [3.05, 3.63) is 42.0 Å². The third-order valence-corrected chi connectivity index (χ3v) is 4.69. The van der Waals surface area contributed by atoms with E-state index in [4.69, 9.17) is 0 Å². The number of carbonyl (C=O) groups is 2. The molecular weight excluding hydrogens is 302 g/mol. The first-order chi connectivity index (χ1) is 11.7. The minimum absolute atomic E-state index is 0.0468. The van der Waals surface area contributed by atoms with E-state index in [1.807, 2.05) is 17.0 Å². The van der Waals surface area contributed by atoms with Crippen molar-refractivity contribution in [1.29, 1.82) is 0 Å². The van der Waals surface area contributed by atoms with Crippen LogP contribution in [0, 0.1) is 5.92 Å². The molecule has 5 heteroatoms. The highest BCUT2D eigenvalue weighted by Crippen LogP contribution is 2.18. The van der Waals surface area contributed by atoms with Gasteiger partial charge in [-0.1, -0.05) is 18.2 Å². The van der Waals surface area contributed by atoms with Gasteiger partial charge in [-0.15, -0.1) is 0 Å². The van der Waals surface area contributed by atoms with Crippen molar-refractivity contribution in [2.75, 3.05) is 25.0 Å². The van der Waals surface area contributed by atoms with Crippen LogP contribution in [0.15, 0.2) is 36.4 Å². The number of hydrogen-bond acceptors (Lipinski definition) is 2. The highest BCUT2D eigenvalue weighted by atomic mass is 16.2. The van der Waals surface area contributed by atoms with E-state index in [0.717, 1.165) is 45.2 Å². The van der Waals surface area contributed by atoms with E-state index in [0.29, 0.717) is 23.7 Å². The summed E-state index contributed by atoms with van der Waals surface area (Å²) in [6, 6.07) is 6.96. The Morgan fingerprint density at radius 1 is 1.17 bits per heavy atom. The molecule has 1 aliphatic heterocycles. The fourth-order valence-corrected chi connectivity index (χ4v) is 3.29. The highest BCUT2D eigenvalue weighted by Gasteiger charge is 2.19. The van der Waals surface area contributed by atoms with Crippen LogP contribution in [0.25, 0.3) is 0 Å². The number of nitrogens with zero attached hydrogens (tertiary/aromatic N) is 1. The fraction of sp³-hybridized carbons (Fsp3) is 0.474. The molecule has 2 N–H and O–H groups in total. The molecule has 1 aromatic rings. The van der Waals surface area contributed by atoms with Gasteiger partial charge in [0, 0.05) is 30.9 Å². The SMILES string of the molecule is O=C(NC[C@H]1CC=CCC1)Nc1cccc(C(=O)N2CCCC2)c1. The lowest BCUT2D eigenvalue weighted by Gasteiger charge is -2.18. The zero-order valence-electron chi connectivity index (χ0n) is 14.0. The maximum atomic E-state index is 12.4. The van der Waals surface area contributed by atoms with Crippen LogP contribution in [-0.2, 0) is 0 Å². The second-order valence-electron chi connectivity index (χ2n) is 6.57. The van der Waals surface area contributed by atoms with Gasteiger partial charge in [0.2, 0.25) is 0 Å². The smallest absolute Gasteiger partial charge is 0.319 e. The standard InChI is InChI=1S/C19H25N3O2/c23-18(22-11-4-5-12-22)16-9-6-10-17(13-16)21-19(24)20-14-15-7-2-1-3-8-15/h1-2,6,9-10,13,15H,3-5,7-8,11-12,14H2,(H2,20,21,24)/t15-/m0/s1. The van der Waals surface area contributed by atoms with Gasteiger partial charge in [-0.25, -0.2) is 4.79 Å². The Balaban J connectivity index is 1.52. The predicted molar refractivity (Wildman–Crippen MR) is 95.1 cm³/mol. The molecule has 1 atom stereocenters. The van der Waals surface area contributed by atoms with Crippen LogP contribution in [0.5, 0.6) is 0 Å². The Morgan fingerprint density at radius 2 is 2.00 bits per heavy atom. The van der Waals surface area contributed by atoms with E-state index in [1.54, 1.807) is 12.1 Å². The number of rotatable bonds is 4. The molecule has 128 valence electrons. The number of anilines is 1. The van der Waals surface area contributed by atoms with E-state index in [1.165, 1.54) is 0 Å². The molecule has 1 aliphatic carbocycles. The minimum Gasteiger partial charge on any atom is -0.339 e. The van der Waals surface area contributed by atoms with Crippen molar-refractivity contribution in [2.24, 2.45) is 5.92 Å². The summed E-state index contributed by atoms with van der Waals surface area (Å²) in [6.45, 7) is 2.34. The van der Waals surface area contributed by atoms with Crippen molar-refractivity contribution in [2.45, 2.75) is 32.1 Å². The van der Waals surface area contributed by atoms with E-state index in [2.05, 4.69) is 22.8 Å². The normalized spacial score (nSPS) is 20.0. The van der Waals surface area contributed by atoms with Gasteiger partial charge in [0.25, 0.3) is 5.91 Å². The molecule has 3 amide bonds. The van der Waals surface area contributed by atoms with E-state index in [-0.39, 0.29) is 11.9 Å². The zero-order valence-corrected chi connectivity index (χ0v) is 14.0. The molecule has 1 heterocycles. The van der Waals surface area contributed by atoms with Gasteiger partial charge in [-0.3, -0.25) is 4.79 Å². The number of nitrogens with one attached hydrogen (secondary N) is 2. The highest BCUT2D eigenvalue weighted by molar-refractivity contribution is 5.97. The number of hydrogen-bond donors (Lipinski definition) is 2. The summed E-state index contributed by atoms with van der Waals surface area (Å²) in [5.74, 6) is 0.564. The largest absolute Gasteiger partial charge is 0.339 e. The molecule has 1 fully saturated rings. The molecule has 1 saturated heterocycles. The lowest BCUT2D eigenvalue weighted by molar-refractivity contribution is 0.0793. The average Bonchev–Trinajstić information content (AvgIpc) is 3.15. The summed E-state index contributed by atoms with van der Waals surface area (Å²) in [5, 5.41) is 5.75. The molecule has 0 unspecified atom stereocenters. The minimum atomic E-state index is -0.213. The van der Waals surface area contributed by atoms with Crippen molar-refractivity contribution in [1.82, 2.24) is 10.2 Å². The zero-order chi connectivity index (χ0) is 16.8. The Morgan fingerprint density at radius 3 is 2.75 bits per heavy atom. The second-order valence-corrected chi connectivity index (χ2v) is 6.57. The lowest BCUT2D eigenvalue weighted by atomic mass is 9.94. The molecule has 5 nitrogen and oxygen atoms in total. The van der Waals surface area contributed by atoms with Gasteiger partial charge >= 0.3 is 6.03 Å². The molecule has 0 bridgehead atoms. The van der Waals surface area contributed by atoms with Crippen LogP contribution >= 0.6 is 0 Å². The Hall–Kier alpha value is -2.30. The van der Waals surface area contributed by atoms with Gasteiger partial charge in [-0.2, -0.15) is 0 Å². The molecule has 2 aliphatic rings. The van der Waals surface area contributed by atoms with Gasteiger partial charge in [0.1, 0.15) is 0 Å². The second kappa shape index (κ2) is 7.99. The van der Waals surface area contributed by atoms with E-state index >= 15 is 0 Å². The van der Waals surface area contributed by atoms with Gasteiger partial charge in [0.15, 0.2) is 0 Å². The van der Waals surface area contributed by atoms with Crippen LogP contribution in [-0.4, -0.2) is 36.5 Å². The Labute approximate surface area is 143 Å². The number of urea groups is 1. The molecule has 24 heavy (non-hydrogen) atoms. The van der Waals surface area contributed by atoms with Crippen LogP contribution in [0.3, 0.4) is 0 Å². The van der Waals surface area contributed by atoms with Gasteiger partial charge in [-0.05, 0) is 56.2 Å². The topological polar surface area (TPSA) is 61.4 Å². The maximum absolute atomic E-state index is 12.4. The van der Waals surface area contributed by atoms with Gasteiger partial charge in [0.05, 0.1) is 0 Å². The van der Waals surface area contributed by atoms with E-state index in [9.17, 15) is 9.59 Å². The number of likely N-dealkylation sites (tertiary alicyclic amines) is 1. The first-order valence-corrected chi connectivity index (χ1v) is 8.81. The van der Waals surface area contributed by atoms with Crippen molar-refractivity contribution in [3.8, 4) is 0 Å². The molecule has 1 aromatic carbocycles. The summed E-state index contributed by atoms with van der Waals surface area (Å²) in [4.78, 5) is 26.3. The lowest BCUT2D eigenvalue weighted by Crippen LogP contribution is -2.33. The number of allylic oxidation sites excluding steroid dienone is 2. The number of benzene rings is 1. The molecule has 0 aromatic heterocycles. The van der Waals surface area contributed by atoms with Crippen molar-refractivity contribution < 1.29 is 9.59 Å². The summed E-state index contributed by atoms with van der Waals surface area (Å²) >= 11 is 0. The molecular formula is C19H25N3O2. The van der Waals surface area contributed by atoms with Crippen LogP contribution in [0.1, 0.15) is 42.5 Å². The maximum Gasteiger partial charge on any atom is 0.319 e. The van der Waals surface area contributed by atoms with E-state index < -0.39 is 0 Å². The van der Waals surface area contributed by atoms with Gasteiger partial charge < -0.3 is 15.5 Å². The quantitative estimate of drug-likeness (QED) is 0.833. The first-order valence-electron chi connectivity index (χ1n) is 8.81. The van der Waals surface area contributed by atoms with Crippen molar-refractivity contribution in [3.63, 3.8) is 0 Å². The molecule has 0 saturated carbocycles. The average molecular weight is 327 g/mol. The number of amides is 3. The molecule has 0 spiro atoms. The predicted octanol–water partition coefficient (Wildman–Crippen LogP) is 3.40. The third kappa shape index (κ3) is 4.37. The summed E-state index contributed by atoms with van der Waals surface area (Å²) < 4.78 is 0. The molecule has 0 radical (unpaired) electrons. The summed E-state index contributed by atoms with van der Waals surface area (Å²) in [5.41, 5.74) is 1.29. The molecule has 3 rings (SSSR count). The first kappa shape index (κ1) is 16.6. The Kier molecular flexibility index (Phi) is 5.51. The summed E-state index contributed by atoms with van der Waals surface area (Å²) in [6.07, 6.45) is 9.76. The fourth-order valence-electron chi connectivity index (χ4n) is 3.29. The summed E-state index contributed by atoms with van der Waals surface area (Å²) in [7, 11) is 0. The number of carbonyl (C=O) groups excluding carboxylic acids is 2.